The van der Waals surface area contributed by atoms with E-state index in [9.17, 15) is 9.59 Å². The average molecular weight is 338 g/mol. The third-order valence-corrected chi connectivity index (χ3v) is 4.42. The molecule has 5 heteroatoms. The summed E-state index contributed by atoms with van der Waals surface area (Å²) in [4.78, 5) is 27.3. The fraction of sp³-hybridized carbons (Fsp3) is 0.300. The molecule has 25 heavy (non-hydrogen) atoms. The Hall–Kier alpha value is -2.82. The molecule has 1 aliphatic rings. The molecule has 1 atom stereocenters. The number of carbonyl (C=O) groups excluding carboxylic acids is 2. The largest absolute Gasteiger partial charge is 0.497 e. The summed E-state index contributed by atoms with van der Waals surface area (Å²) in [6.07, 6.45) is 0. The molecule has 2 amide bonds. The topological polar surface area (TPSA) is 58.6 Å². The molecular formula is C20H22N2O3. The number of rotatable bonds is 5. The number of nitrogens with zero attached hydrogens (tertiary/aromatic N) is 1. The molecule has 2 aromatic rings. The van der Waals surface area contributed by atoms with Crippen molar-refractivity contribution >= 4 is 17.5 Å². The van der Waals surface area contributed by atoms with Crippen molar-refractivity contribution in [3.8, 4) is 5.75 Å². The normalized spacial score (nSPS) is 14.4. The molecule has 0 saturated carbocycles. The number of nitrogens with one attached hydrogen (secondary N) is 1. The molecule has 0 aromatic heterocycles. The van der Waals surface area contributed by atoms with Crippen LogP contribution >= 0.6 is 0 Å². The zero-order chi connectivity index (χ0) is 18.0. The molecule has 1 N–H and O–H groups in total. The molecule has 0 radical (unpaired) electrons. The van der Waals surface area contributed by atoms with Crippen LogP contribution < -0.4 is 10.1 Å². The number of methoxy groups -OCH3 is 1. The highest BCUT2D eigenvalue weighted by atomic mass is 16.5. The lowest BCUT2D eigenvalue weighted by Gasteiger charge is -2.30. The molecule has 3 rings (SSSR count). The van der Waals surface area contributed by atoms with E-state index in [1.807, 2.05) is 50.2 Å². The van der Waals surface area contributed by atoms with Crippen LogP contribution in [0, 0.1) is 5.92 Å². The maximum absolute atomic E-state index is 12.9. The van der Waals surface area contributed by atoms with Crippen LogP contribution in [0.2, 0.25) is 0 Å². The molecule has 2 aromatic carbocycles. The lowest BCUT2D eigenvalue weighted by Crippen LogP contribution is -2.47. The molecule has 0 saturated heterocycles. The fourth-order valence-electron chi connectivity index (χ4n) is 3.22. The first-order valence-corrected chi connectivity index (χ1v) is 8.35. The van der Waals surface area contributed by atoms with Crippen molar-refractivity contribution in [2.24, 2.45) is 5.92 Å². The van der Waals surface area contributed by atoms with Crippen molar-refractivity contribution in [2.75, 3.05) is 12.4 Å². The molecule has 0 bridgehead atoms. The second-order valence-electron chi connectivity index (χ2n) is 6.50. The van der Waals surface area contributed by atoms with Gasteiger partial charge >= 0.3 is 0 Å². The van der Waals surface area contributed by atoms with Crippen LogP contribution in [-0.4, -0.2) is 29.9 Å². The number of anilines is 1. The summed E-state index contributed by atoms with van der Waals surface area (Å²) in [5, 5.41) is 2.91. The van der Waals surface area contributed by atoms with Crippen LogP contribution in [0.1, 0.15) is 29.8 Å². The van der Waals surface area contributed by atoms with Gasteiger partial charge in [-0.2, -0.15) is 0 Å². The number of fused-ring (bicyclic) bond motifs is 1. The summed E-state index contributed by atoms with van der Waals surface area (Å²) in [5.41, 5.74) is 2.30. The Balaban J connectivity index is 1.82. The third-order valence-electron chi connectivity index (χ3n) is 4.42. The lowest BCUT2D eigenvalue weighted by atomic mass is 10.0. The van der Waals surface area contributed by atoms with Gasteiger partial charge in [0.15, 0.2) is 0 Å². The second-order valence-corrected chi connectivity index (χ2v) is 6.50. The summed E-state index contributed by atoms with van der Waals surface area (Å²) in [5.74, 6) is 0.381. The van der Waals surface area contributed by atoms with E-state index in [0.717, 1.165) is 5.56 Å². The quantitative estimate of drug-likeness (QED) is 0.910. The van der Waals surface area contributed by atoms with E-state index in [0.29, 0.717) is 23.5 Å². The Morgan fingerprint density at radius 1 is 1.16 bits per heavy atom. The number of carbonyl (C=O) groups is 2. The number of hydrogen-bond donors (Lipinski definition) is 1. The molecule has 0 fully saturated rings. The summed E-state index contributed by atoms with van der Waals surface area (Å²) < 4.78 is 5.19. The molecule has 1 aliphatic heterocycles. The predicted molar refractivity (Wildman–Crippen MR) is 96.6 cm³/mol. The van der Waals surface area contributed by atoms with Gasteiger partial charge in [0, 0.05) is 23.9 Å². The first kappa shape index (κ1) is 17.0. The highest BCUT2D eigenvalue weighted by molar-refractivity contribution is 6.03. The van der Waals surface area contributed by atoms with E-state index in [1.54, 1.807) is 24.1 Å². The van der Waals surface area contributed by atoms with Gasteiger partial charge in [0.1, 0.15) is 11.8 Å². The zero-order valence-electron chi connectivity index (χ0n) is 14.7. The Morgan fingerprint density at radius 3 is 2.60 bits per heavy atom. The van der Waals surface area contributed by atoms with Crippen LogP contribution in [0.15, 0.2) is 48.5 Å². The monoisotopic (exact) mass is 338 g/mol. The molecular weight excluding hydrogens is 316 g/mol. The minimum atomic E-state index is -0.536. The smallest absolute Gasteiger partial charge is 0.255 e. The minimum Gasteiger partial charge on any atom is -0.497 e. The van der Waals surface area contributed by atoms with Gasteiger partial charge in [-0.25, -0.2) is 0 Å². The van der Waals surface area contributed by atoms with E-state index >= 15 is 0 Å². The van der Waals surface area contributed by atoms with E-state index in [-0.39, 0.29) is 17.7 Å². The van der Waals surface area contributed by atoms with E-state index in [4.69, 9.17) is 4.74 Å². The van der Waals surface area contributed by atoms with Gasteiger partial charge in [0.25, 0.3) is 5.91 Å². The minimum absolute atomic E-state index is 0.0103. The van der Waals surface area contributed by atoms with Crippen molar-refractivity contribution in [2.45, 2.75) is 26.4 Å². The van der Waals surface area contributed by atoms with E-state index < -0.39 is 6.04 Å². The fourth-order valence-corrected chi connectivity index (χ4v) is 3.22. The van der Waals surface area contributed by atoms with Gasteiger partial charge in [-0.15, -0.1) is 0 Å². The van der Waals surface area contributed by atoms with E-state index in [1.165, 1.54) is 0 Å². The van der Waals surface area contributed by atoms with Crippen LogP contribution in [0.3, 0.4) is 0 Å². The SMILES string of the molecule is COc1cccc(NC(=O)C(C(C)C)N2Cc3ccccc3C2=O)c1. The highest BCUT2D eigenvalue weighted by Gasteiger charge is 2.37. The molecule has 130 valence electrons. The van der Waals surface area contributed by atoms with Gasteiger partial charge in [0.05, 0.1) is 7.11 Å². The molecule has 0 spiro atoms. The first-order chi connectivity index (χ1) is 12.0. The Morgan fingerprint density at radius 2 is 1.92 bits per heavy atom. The number of ether oxygens (including phenoxy) is 1. The number of benzene rings is 2. The highest BCUT2D eigenvalue weighted by Crippen LogP contribution is 2.28. The molecule has 1 unspecified atom stereocenters. The predicted octanol–water partition coefficient (Wildman–Crippen LogP) is 3.31. The van der Waals surface area contributed by atoms with Crippen molar-refractivity contribution in [3.63, 3.8) is 0 Å². The summed E-state index contributed by atoms with van der Waals surface area (Å²) in [7, 11) is 1.58. The van der Waals surface area contributed by atoms with Crippen molar-refractivity contribution in [1.82, 2.24) is 4.90 Å². The Labute approximate surface area is 147 Å². The average Bonchev–Trinajstić information content (AvgIpc) is 2.92. The van der Waals surface area contributed by atoms with Gasteiger partial charge in [-0.1, -0.05) is 38.1 Å². The second kappa shape index (κ2) is 6.97. The van der Waals surface area contributed by atoms with Gasteiger partial charge in [-0.3, -0.25) is 9.59 Å². The van der Waals surface area contributed by atoms with Crippen LogP contribution in [0.25, 0.3) is 0 Å². The third kappa shape index (κ3) is 3.36. The zero-order valence-corrected chi connectivity index (χ0v) is 14.7. The Kier molecular flexibility index (Phi) is 4.74. The van der Waals surface area contributed by atoms with E-state index in [2.05, 4.69) is 5.32 Å². The summed E-state index contributed by atoms with van der Waals surface area (Å²) in [6, 6.07) is 14.2. The van der Waals surface area contributed by atoms with Crippen LogP contribution in [0.4, 0.5) is 5.69 Å². The van der Waals surface area contributed by atoms with Gasteiger partial charge in [0.2, 0.25) is 5.91 Å². The molecule has 1 heterocycles. The van der Waals surface area contributed by atoms with Crippen molar-refractivity contribution in [1.29, 1.82) is 0 Å². The maximum Gasteiger partial charge on any atom is 0.255 e. The number of hydrogen-bond acceptors (Lipinski definition) is 3. The van der Waals surface area contributed by atoms with Crippen molar-refractivity contribution < 1.29 is 14.3 Å². The summed E-state index contributed by atoms with van der Waals surface area (Å²) >= 11 is 0. The molecule has 0 aliphatic carbocycles. The van der Waals surface area contributed by atoms with Gasteiger partial charge < -0.3 is 15.0 Å². The maximum atomic E-state index is 12.9. The Bertz CT molecular complexity index is 801. The number of amides is 2. The van der Waals surface area contributed by atoms with Crippen LogP contribution in [-0.2, 0) is 11.3 Å². The van der Waals surface area contributed by atoms with Crippen molar-refractivity contribution in [3.05, 3.63) is 59.7 Å². The standard InChI is InChI=1S/C20H22N2O3/c1-13(2)18(19(23)21-15-8-6-9-16(11-15)25-3)22-12-14-7-4-5-10-17(14)20(22)24/h4-11,13,18H,12H2,1-3H3,(H,21,23). The molecule has 5 nitrogen and oxygen atoms in total. The van der Waals surface area contributed by atoms with Gasteiger partial charge in [-0.05, 0) is 29.7 Å². The first-order valence-electron chi connectivity index (χ1n) is 8.35. The van der Waals surface area contributed by atoms with Crippen LogP contribution in [0.5, 0.6) is 5.75 Å². The summed E-state index contributed by atoms with van der Waals surface area (Å²) in [6.45, 7) is 4.36. The lowest BCUT2D eigenvalue weighted by molar-refractivity contribution is -0.122.